The van der Waals surface area contributed by atoms with E-state index in [1.807, 2.05) is 17.9 Å². The van der Waals surface area contributed by atoms with Crippen molar-refractivity contribution in [1.82, 2.24) is 15.1 Å². The summed E-state index contributed by atoms with van der Waals surface area (Å²) in [5.41, 5.74) is 1.51. The quantitative estimate of drug-likeness (QED) is 0.887. The molecule has 0 aromatic carbocycles. The van der Waals surface area contributed by atoms with Crippen LogP contribution in [0, 0.1) is 0 Å². The predicted molar refractivity (Wildman–Crippen MR) is 70.2 cm³/mol. The molecule has 0 amide bonds. The average Bonchev–Trinajstić information content (AvgIpc) is 3.05. The summed E-state index contributed by atoms with van der Waals surface area (Å²) in [6.45, 7) is 1.86. The molecule has 1 aromatic rings. The maximum atomic E-state index is 6.27. The van der Waals surface area contributed by atoms with E-state index in [-0.39, 0.29) is 5.60 Å². The van der Waals surface area contributed by atoms with Crippen molar-refractivity contribution in [3.63, 3.8) is 0 Å². The van der Waals surface area contributed by atoms with Crippen LogP contribution in [0.5, 0.6) is 0 Å². The summed E-state index contributed by atoms with van der Waals surface area (Å²) >= 11 is 0. The molecule has 0 radical (unpaired) electrons. The molecule has 1 aliphatic carbocycles. The highest BCUT2D eigenvalue weighted by atomic mass is 16.5. The highest BCUT2D eigenvalue weighted by molar-refractivity contribution is 5.03. The van der Waals surface area contributed by atoms with E-state index in [0.717, 1.165) is 13.1 Å². The lowest BCUT2D eigenvalue weighted by Crippen LogP contribution is -2.30. The monoisotopic (exact) mass is 249 g/mol. The zero-order valence-electron chi connectivity index (χ0n) is 11.2. The molecule has 1 unspecified atom stereocenters. The van der Waals surface area contributed by atoms with Crippen LogP contribution >= 0.6 is 0 Å². The van der Waals surface area contributed by atoms with Gasteiger partial charge in [-0.25, -0.2) is 0 Å². The van der Waals surface area contributed by atoms with E-state index in [9.17, 15) is 0 Å². The van der Waals surface area contributed by atoms with Crippen molar-refractivity contribution in [3.8, 4) is 0 Å². The van der Waals surface area contributed by atoms with Crippen LogP contribution in [0.3, 0.4) is 0 Å². The van der Waals surface area contributed by atoms with E-state index >= 15 is 0 Å². The number of nitrogens with one attached hydrogen (secondary N) is 1. The Labute approximate surface area is 109 Å². The highest BCUT2D eigenvalue weighted by Crippen LogP contribution is 2.43. The van der Waals surface area contributed by atoms with Gasteiger partial charge in [-0.05, 0) is 25.7 Å². The van der Waals surface area contributed by atoms with E-state index < -0.39 is 0 Å². The van der Waals surface area contributed by atoms with Gasteiger partial charge in [0.2, 0.25) is 0 Å². The normalized spacial score (nSPS) is 26.2. The molecule has 2 fully saturated rings. The molecule has 2 aliphatic rings. The molecular formula is C14H23N3O. The zero-order valence-corrected chi connectivity index (χ0v) is 11.2. The predicted octanol–water partition coefficient (Wildman–Crippen LogP) is 2.00. The minimum absolute atomic E-state index is 0.265. The zero-order chi connectivity index (χ0) is 12.4. The Morgan fingerprint density at radius 1 is 1.44 bits per heavy atom. The van der Waals surface area contributed by atoms with Crippen molar-refractivity contribution >= 4 is 0 Å². The molecule has 2 heterocycles. The van der Waals surface area contributed by atoms with E-state index in [1.54, 1.807) is 0 Å². The van der Waals surface area contributed by atoms with Crippen LogP contribution in [-0.2, 0) is 18.3 Å². The van der Waals surface area contributed by atoms with Crippen molar-refractivity contribution in [3.05, 3.63) is 18.0 Å². The van der Waals surface area contributed by atoms with Gasteiger partial charge in [-0.15, -0.1) is 0 Å². The molecule has 4 nitrogen and oxygen atoms in total. The molecule has 4 heteroatoms. The van der Waals surface area contributed by atoms with Gasteiger partial charge in [0.15, 0.2) is 0 Å². The third-order valence-corrected chi connectivity index (χ3v) is 4.31. The van der Waals surface area contributed by atoms with E-state index in [0.29, 0.717) is 6.10 Å². The van der Waals surface area contributed by atoms with Gasteiger partial charge in [0, 0.05) is 31.9 Å². The molecular weight excluding hydrogens is 226 g/mol. The maximum absolute atomic E-state index is 6.27. The van der Waals surface area contributed by atoms with Crippen molar-refractivity contribution in [2.75, 3.05) is 6.54 Å². The van der Waals surface area contributed by atoms with Crippen molar-refractivity contribution in [2.45, 2.75) is 56.8 Å². The first-order valence-corrected chi connectivity index (χ1v) is 7.12. The molecule has 3 rings (SSSR count). The molecule has 1 aromatic heterocycles. The van der Waals surface area contributed by atoms with Crippen LogP contribution in [-0.4, -0.2) is 28.0 Å². The fraction of sp³-hybridized carbons (Fsp3) is 0.786. The minimum Gasteiger partial charge on any atom is -0.370 e. The molecule has 100 valence electrons. The molecule has 1 N–H and O–H groups in total. The topological polar surface area (TPSA) is 39.1 Å². The smallest absolute Gasteiger partial charge is 0.0708 e. The van der Waals surface area contributed by atoms with Crippen LogP contribution in [0.15, 0.2) is 12.4 Å². The third kappa shape index (κ3) is 2.59. The number of ether oxygens (including phenoxy) is 1. The SMILES string of the molecule is Cn1cc(CNCC2CCC3(CCCC3)O2)cn1. The van der Waals surface area contributed by atoms with Gasteiger partial charge in [0.05, 0.1) is 17.9 Å². The molecule has 1 aliphatic heterocycles. The van der Waals surface area contributed by atoms with Crippen LogP contribution in [0.4, 0.5) is 0 Å². The fourth-order valence-electron chi connectivity index (χ4n) is 3.37. The van der Waals surface area contributed by atoms with Gasteiger partial charge in [-0.1, -0.05) is 12.8 Å². The summed E-state index contributed by atoms with van der Waals surface area (Å²) in [6.07, 6.45) is 12.2. The first-order chi connectivity index (χ1) is 8.76. The number of hydrogen-bond acceptors (Lipinski definition) is 3. The Balaban J connectivity index is 1.42. The first kappa shape index (κ1) is 12.2. The molecule has 1 spiro atoms. The summed E-state index contributed by atoms with van der Waals surface area (Å²) in [7, 11) is 1.95. The molecule has 0 bridgehead atoms. The summed E-state index contributed by atoms with van der Waals surface area (Å²) in [6, 6.07) is 0. The van der Waals surface area contributed by atoms with Crippen LogP contribution in [0.1, 0.15) is 44.1 Å². The molecule has 1 saturated heterocycles. The second-order valence-electron chi connectivity index (χ2n) is 5.82. The number of nitrogens with zero attached hydrogens (tertiary/aromatic N) is 2. The second kappa shape index (κ2) is 5.02. The van der Waals surface area contributed by atoms with E-state index in [2.05, 4.69) is 16.6 Å². The van der Waals surface area contributed by atoms with Crippen molar-refractivity contribution < 1.29 is 4.74 Å². The van der Waals surface area contributed by atoms with Crippen molar-refractivity contribution in [1.29, 1.82) is 0 Å². The van der Waals surface area contributed by atoms with Crippen LogP contribution < -0.4 is 5.32 Å². The van der Waals surface area contributed by atoms with Gasteiger partial charge in [-0.2, -0.15) is 5.10 Å². The lowest BCUT2D eigenvalue weighted by molar-refractivity contribution is -0.0351. The lowest BCUT2D eigenvalue weighted by Gasteiger charge is -2.23. The summed E-state index contributed by atoms with van der Waals surface area (Å²) < 4.78 is 8.11. The number of aromatic nitrogens is 2. The Morgan fingerprint density at radius 2 is 2.28 bits per heavy atom. The van der Waals surface area contributed by atoms with Crippen LogP contribution in [0.2, 0.25) is 0 Å². The van der Waals surface area contributed by atoms with Gasteiger partial charge < -0.3 is 10.1 Å². The fourth-order valence-corrected chi connectivity index (χ4v) is 3.37. The summed E-state index contributed by atoms with van der Waals surface area (Å²) in [5, 5.41) is 7.66. The van der Waals surface area contributed by atoms with Gasteiger partial charge >= 0.3 is 0 Å². The molecule has 18 heavy (non-hydrogen) atoms. The van der Waals surface area contributed by atoms with Gasteiger partial charge in [0.25, 0.3) is 0 Å². The van der Waals surface area contributed by atoms with Gasteiger partial charge in [-0.3, -0.25) is 4.68 Å². The van der Waals surface area contributed by atoms with Gasteiger partial charge in [0.1, 0.15) is 0 Å². The molecule has 1 atom stereocenters. The standard InChI is InChI=1S/C14H23N3O/c1-17-11-12(9-16-17)8-15-10-13-4-7-14(18-13)5-2-3-6-14/h9,11,13,15H,2-8,10H2,1H3. The van der Waals surface area contributed by atoms with E-state index in [4.69, 9.17) is 4.74 Å². The second-order valence-corrected chi connectivity index (χ2v) is 5.82. The Hall–Kier alpha value is -0.870. The highest BCUT2D eigenvalue weighted by Gasteiger charge is 2.41. The minimum atomic E-state index is 0.265. The van der Waals surface area contributed by atoms with Crippen molar-refractivity contribution in [2.24, 2.45) is 7.05 Å². The number of aryl methyl sites for hydroxylation is 1. The largest absolute Gasteiger partial charge is 0.370 e. The Kier molecular flexibility index (Phi) is 3.39. The summed E-state index contributed by atoms with van der Waals surface area (Å²) in [4.78, 5) is 0. The lowest BCUT2D eigenvalue weighted by atomic mass is 9.98. The van der Waals surface area contributed by atoms with Crippen LogP contribution in [0.25, 0.3) is 0 Å². The maximum Gasteiger partial charge on any atom is 0.0708 e. The summed E-state index contributed by atoms with van der Waals surface area (Å²) in [5.74, 6) is 0. The number of hydrogen-bond donors (Lipinski definition) is 1. The molecule has 1 saturated carbocycles. The number of rotatable bonds is 4. The first-order valence-electron chi connectivity index (χ1n) is 7.12. The average molecular weight is 249 g/mol. The third-order valence-electron chi connectivity index (χ3n) is 4.31. The Bertz CT molecular complexity index is 395. The van der Waals surface area contributed by atoms with E-state index in [1.165, 1.54) is 44.1 Å². The Morgan fingerprint density at radius 3 is 3.00 bits per heavy atom.